The van der Waals surface area contributed by atoms with Gasteiger partial charge in [-0.2, -0.15) is 0 Å². The van der Waals surface area contributed by atoms with Gasteiger partial charge in [0.2, 0.25) is 0 Å². The van der Waals surface area contributed by atoms with Crippen molar-refractivity contribution in [3.63, 3.8) is 0 Å². The van der Waals surface area contributed by atoms with Gasteiger partial charge in [0, 0.05) is 36.1 Å². The highest BCUT2D eigenvalue weighted by Crippen LogP contribution is 2.27. The lowest BCUT2D eigenvalue weighted by Crippen LogP contribution is -2.35. The predicted molar refractivity (Wildman–Crippen MR) is 90.5 cm³/mol. The lowest BCUT2D eigenvalue weighted by atomic mass is 10.0. The number of para-hydroxylation sites is 1. The molecule has 2 N–H and O–H groups in total. The van der Waals surface area contributed by atoms with E-state index < -0.39 is 0 Å². The van der Waals surface area contributed by atoms with Gasteiger partial charge in [-0.3, -0.25) is 0 Å². The molecule has 0 saturated carbocycles. The predicted octanol–water partition coefficient (Wildman–Crippen LogP) is 3.67. The van der Waals surface area contributed by atoms with E-state index in [-0.39, 0.29) is 0 Å². The van der Waals surface area contributed by atoms with Crippen LogP contribution in [0.3, 0.4) is 0 Å². The number of rotatable bonds is 4. The molecule has 0 aliphatic carbocycles. The van der Waals surface area contributed by atoms with Gasteiger partial charge in [0.25, 0.3) is 0 Å². The summed E-state index contributed by atoms with van der Waals surface area (Å²) in [5, 5.41) is 3.34. The second-order valence-electron chi connectivity index (χ2n) is 6.01. The highest BCUT2D eigenvalue weighted by molar-refractivity contribution is 7.09. The molecule has 3 rings (SSSR count). The van der Waals surface area contributed by atoms with E-state index in [1.54, 1.807) is 11.3 Å². The zero-order chi connectivity index (χ0) is 14.7. The minimum Gasteiger partial charge on any atom is -0.398 e. The van der Waals surface area contributed by atoms with Gasteiger partial charge in [-0.05, 0) is 31.4 Å². The molecule has 1 aromatic carbocycles. The van der Waals surface area contributed by atoms with Crippen molar-refractivity contribution < 1.29 is 0 Å². The van der Waals surface area contributed by atoms with Crippen molar-refractivity contribution >= 4 is 17.0 Å². The number of nitrogens with two attached hydrogens (primary N) is 1. The van der Waals surface area contributed by atoms with Gasteiger partial charge < -0.3 is 10.6 Å². The molecule has 0 radical (unpaired) electrons. The molecule has 1 atom stereocenters. The lowest BCUT2D eigenvalue weighted by Gasteiger charge is -2.30. The molecular weight excluding hydrogens is 278 g/mol. The molecule has 1 aliphatic rings. The number of aromatic nitrogens is 1. The number of piperidine rings is 1. The van der Waals surface area contributed by atoms with E-state index in [1.165, 1.54) is 30.9 Å². The fraction of sp³-hybridized carbons (Fsp3) is 0.471. The van der Waals surface area contributed by atoms with E-state index in [9.17, 15) is 0 Å². The van der Waals surface area contributed by atoms with E-state index in [2.05, 4.69) is 17.2 Å². The fourth-order valence-electron chi connectivity index (χ4n) is 3.02. The van der Waals surface area contributed by atoms with Gasteiger partial charge in [0.15, 0.2) is 0 Å². The number of thiazole rings is 1. The Morgan fingerprint density at radius 3 is 3.05 bits per heavy atom. The molecule has 2 aromatic rings. The summed E-state index contributed by atoms with van der Waals surface area (Å²) in [6.45, 7) is 5.96. The van der Waals surface area contributed by atoms with Crippen molar-refractivity contribution in [2.75, 3.05) is 25.4 Å². The molecule has 1 aromatic heterocycles. The van der Waals surface area contributed by atoms with E-state index >= 15 is 0 Å². The smallest absolute Gasteiger partial charge is 0.0945 e. The maximum absolute atomic E-state index is 6.02. The Balaban J connectivity index is 1.62. The average Bonchev–Trinajstić information content (AvgIpc) is 2.94. The van der Waals surface area contributed by atoms with Gasteiger partial charge in [-0.1, -0.05) is 25.1 Å². The molecule has 3 nitrogen and oxygen atoms in total. The second kappa shape index (κ2) is 6.58. The zero-order valence-electron chi connectivity index (χ0n) is 12.6. The second-order valence-corrected chi connectivity index (χ2v) is 6.95. The first kappa shape index (κ1) is 14.5. The maximum Gasteiger partial charge on any atom is 0.0945 e. The third-order valence-corrected chi connectivity index (χ3v) is 5.08. The molecule has 0 spiro atoms. The Morgan fingerprint density at radius 1 is 1.38 bits per heavy atom. The molecule has 1 aliphatic heterocycles. The van der Waals surface area contributed by atoms with E-state index in [0.29, 0.717) is 0 Å². The number of hydrogen-bond acceptors (Lipinski definition) is 4. The third-order valence-electron chi connectivity index (χ3n) is 4.17. The van der Waals surface area contributed by atoms with Crippen molar-refractivity contribution in [3.8, 4) is 11.3 Å². The Morgan fingerprint density at radius 2 is 2.24 bits per heavy atom. The van der Waals surface area contributed by atoms with Crippen LogP contribution in [0.5, 0.6) is 0 Å². The van der Waals surface area contributed by atoms with Crippen LogP contribution in [0, 0.1) is 5.92 Å². The van der Waals surface area contributed by atoms with Crippen LogP contribution in [0.25, 0.3) is 11.3 Å². The van der Waals surface area contributed by atoms with Gasteiger partial charge in [-0.25, -0.2) is 4.98 Å². The highest BCUT2D eigenvalue weighted by Gasteiger charge is 2.16. The molecule has 1 saturated heterocycles. The zero-order valence-corrected chi connectivity index (χ0v) is 13.4. The Kier molecular flexibility index (Phi) is 4.56. The third kappa shape index (κ3) is 3.63. The maximum atomic E-state index is 6.02. The SMILES string of the molecule is CC1CCCN(CCc2nc(-c3ccccc3N)cs2)C1. The normalized spacial score (nSPS) is 19.8. The molecule has 0 amide bonds. The summed E-state index contributed by atoms with van der Waals surface area (Å²) in [5.41, 5.74) is 8.89. The quantitative estimate of drug-likeness (QED) is 0.876. The van der Waals surface area contributed by atoms with Crippen molar-refractivity contribution in [2.24, 2.45) is 5.92 Å². The lowest BCUT2D eigenvalue weighted by molar-refractivity contribution is 0.186. The van der Waals surface area contributed by atoms with Gasteiger partial charge in [0.05, 0.1) is 10.7 Å². The van der Waals surface area contributed by atoms with Crippen LogP contribution in [-0.2, 0) is 6.42 Å². The average molecular weight is 301 g/mol. The molecule has 21 heavy (non-hydrogen) atoms. The van der Waals surface area contributed by atoms with Crippen LogP contribution in [0.15, 0.2) is 29.6 Å². The standard InChI is InChI=1S/C17H23N3S/c1-13-5-4-9-20(11-13)10-8-17-19-16(12-21-17)14-6-2-3-7-15(14)18/h2-3,6-7,12-13H,4-5,8-11,18H2,1H3. The summed E-state index contributed by atoms with van der Waals surface area (Å²) in [5.74, 6) is 0.842. The minimum atomic E-state index is 0.805. The largest absolute Gasteiger partial charge is 0.398 e. The van der Waals surface area contributed by atoms with Crippen molar-refractivity contribution in [2.45, 2.75) is 26.2 Å². The molecule has 1 fully saturated rings. The summed E-state index contributed by atoms with van der Waals surface area (Å²) in [4.78, 5) is 7.33. The van der Waals surface area contributed by atoms with Crippen molar-refractivity contribution in [1.29, 1.82) is 0 Å². The van der Waals surface area contributed by atoms with Gasteiger partial charge in [-0.15, -0.1) is 11.3 Å². The molecule has 0 bridgehead atoms. The minimum absolute atomic E-state index is 0.805. The number of benzene rings is 1. The summed E-state index contributed by atoms with van der Waals surface area (Å²) in [6.07, 6.45) is 3.76. The van der Waals surface area contributed by atoms with E-state index in [4.69, 9.17) is 10.7 Å². The summed E-state index contributed by atoms with van der Waals surface area (Å²) < 4.78 is 0. The first-order valence-corrected chi connectivity index (χ1v) is 8.62. The molecule has 112 valence electrons. The van der Waals surface area contributed by atoms with Crippen molar-refractivity contribution in [3.05, 3.63) is 34.7 Å². The van der Waals surface area contributed by atoms with Gasteiger partial charge in [0.1, 0.15) is 0 Å². The van der Waals surface area contributed by atoms with Crippen LogP contribution in [-0.4, -0.2) is 29.5 Å². The number of nitrogen functional groups attached to an aromatic ring is 1. The van der Waals surface area contributed by atoms with E-state index in [0.717, 1.165) is 35.8 Å². The first-order valence-electron chi connectivity index (χ1n) is 7.74. The molecule has 1 unspecified atom stereocenters. The Hall–Kier alpha value is -1.39. The van der Waals surface area contributed by atoms with Crippen LogP contribution in [0.1, 0.15) is 24.8 Å². The van der Waals surface area contributed by atoms with Crippen LogP contribution < -0.4 is 5.73 Å². The van der Waals surface area contributed by atoms with Gasteiger partial charge >= 0.3 is 0 Å². The van der Waals surface area contributed by atoms with Crippen LogP contribution >= 0.6 is 11.3 Å². The Bertz CT molecular complexity index is 593. The van der Waals surface area contributed by atoms with Crippen LogP contribution in [0.4, 0.5) is 5.69 Å². The number of hydrogen-bond donors (Lipinski definition) is 1. The number of anilines is 1. The monoisotopic (exact) mass is 301 g/mol. The fourth-order valence-corrected chi connectivity index (χ4v) is 3.81. The van der Waals surface area contributed by atoms with E-state index in [1.807, 2.05) is 24.3 Å². The molecular formula is C17H23N3S. The highest BCUT2D eigenvalue weighted by atomic mass is 32.1. The summed E-state index contributed by atoms with van der Waals surface area (Å²) in [7, 11) is 0. The number of nitrogens with zero attached hydrogens (tertiary/aromatic N) is 2. The topological polar surface area (TPSA) is 42.2 Å². The molecule has 2 heterocycles. The first-order chi connectivity index (χ1) is 10.2. The summed E-state index contributed by atoms with van der Waals surface area (Å²) >= 11 is 1.75. The van der Waals surface area contributed by atoms with Crippen LogP contribution in [0.2, 0.25) is 0 Å². The van der Waals surface area contributed by atoms with Crippen molar-refractivity contribution in [1.82, 2.24) is 9.88 Å². The Labute approximate surface area is 130 Å². The molecule has 4 heteroatoms. The summed E-state index contributed by atoms with van der Waals surface area (Å²) in [6, 6.07) is 7.95. The number of likely N-dealkylation sites (tertiary alicyclic amines) is 1.